The SMILES string of the molecule is C.C.C.CCCOC(=O)/C=C/C(=O)OCCC.CCCOC(=O)CCC(=O)OCCC.CCCOC(=O)CCCCC(=O)OCCC.N#C/C=C/C#N.N#CCCC#N.N#CCCCCC#N.O=C(O)/C=C/C(=O)O.O=C(O)CCC(=O)O.O=C(O)CCCCC(=O)O. The van der Waals surface area contributed by atoms with E-state index in [2.05, 4.69) is 0 Å². The standard InChI is InChI=1S/C12H22O4.C10H18O4.C10H16O4.C6H8N2.C6H10O4.C4H4N2.C4H2N2.C4H6O4.C4H4O4.3CH4/c1-3-9-15-11(13)7-5-6-8-12(14)16-10-4-2;2*1-3-7-13-9(11)5-6-10(12)14-8-4-2;7-5-3-1-2-4-6-8;7-5(8)3-1-2-4-6(9)10;2*5-3-1-2-4-6;2*5-3(6)1-2-4(7)8;;;/h3-10H2,1-2H3;3-8H2,1-2H3;5-6H,3-4,7-8H2,1-2H3;1-4H2;1-4H2,(H,7,8)(H,9,10);1-2H2;1-2H;1-2H2,(H,5,6)(H,7,8);1-2H,(H,5,6)(H,7,8);3*1H4/b;;6-5+;;;;2-1+;;2-1+;;;. The molecule has 0 aromatic heterocycles. The van der Waals surface area contributed by atoms with Crippen LogP contribution in [0.25, 0.3) is 0 Å². The van der Waals surface area contributed by atoms with E-state index in [1.165, 1.54) is 0 Å². The summed E-state index contributed by atoms with van der Waals surface area (Å²) in [7, 11) is 0. The van der Waals surface area contributed by atoms with Gasteiger partial charge in [-0.2, -0.15) is 31.6 Å². The van der Waals surface area contributed by atoms with Gasteiger partial charge in [-0.15, -0.1) is 0 Å². The van der Waals surface area contributed by atoms with Crippen LogP contribution in [0.5, 0.6) is 0 Å². The average molecular weight is 1330 g/mol. The summed E-state index contributed by atoms with van der Waals surface area (Å²) in [5, 5.41) is 94.8. The van der Waals surface area contributed by atoms with Gasteiger partial charge >= 0.3 is 71.6 Å². The van der Waals surface area contributed by atoms with Gasteiger partial charge in [0, 0.05) is 87.8 Å². The zero-order valence-electron chi connectivity index (χ0n) is 52.4. The van der Waals surface area contributed by atoms with E-state index in [1.807, 2.05) is 65.8 Å². The third kappa shape index (κ3) is 151. The second kappa shape index (κ2) is 98.1. The summed E-state index contributed by atoms with van der Waals surface area (Å²) in [6, 6.07) is 11.1. The van der Waals surface area contributed by atoms with Crippen molar-refractivity contribution in [1.29, 1.82) is 31.6 Å². The lowest BCUT2D eigenvalue weighted by atomic mass is 10.2. The molecule has 0 unspecified atom stereocenters. The fraction of sp³-hybridized carbons (Fsp3) is 0.619. The number of carboxylic acids is 6. The Balaban J connectivity index is -0.0000000805. The number of carbonyl (C=O) groups excluding carboxylic acids is 6. The Labute approximate surface area is 548 Å². The van der Waals surface area contributed by atoms with Gasteiger partial charge in [0.1, 0.15) is 0 Å². The highest BCUT2D eigenvalue weighted by Crippen LogP contribution is 2.04. The maximum absolute atomic E-state index is 11.1. The number of carbonyl (C=O) groups is 12. The van der Waals surface area contributed by atoms with Gasteiger partial charge in [-0.05, 0) is 77.0 Å². The van der Waals surface area contributed by atoms with Gasteiger partial charge in [0.05, 0.1) is 102 Å². The number of allylic oxidation sites excluding steroid dienone is 2. The minimum Gasteiger partial charge on any atom is -0.481 e. The lowest BCUT2D eigenvalue weighted by Gasteiger charge is -2.03. The molecule has 30 nitrogen and oxygen atoms in total. The minimum atomic E-state index is -1.26. The summed E-state index contributed by atoms with van der Waals surface area (Å²) in [5.41, 5.74) is 0. The maximum Gasteiger partial charge on any atom is 0.331 e. The van der Waals surface area contributed by atoms with Gasteiger partial charge in [-0.25, -0.2) is 19.2 Å². The van der Waals surface area contributed by atoms with Crippen molar-refractivity contribution in [2.24, 2.45) is 0 Å². The smallest absolute Gasteiger partial charge is 0.331 e. The summed E-state index contributed by atoms with van der Waals surface area (Å²) in [5.74, 6) is -8.45. The zero-order valence-corrected chi connectivity index (χ0v) is 52.4. The van der Waals surface area contributed by atoms with Crippen molar-refractivity contribution < 1.29 is 117 Å². The predicted octanol–water partition coefficient (Wildman–Crippen LogP) is 10.8. The molecule has 0 aromatic rings. The molecular formula is C63H102N6O24. The van der Waals surface area contributed by atoms with E-state index >= 15 is 0 Å². The largest absolute Gasteiger partial charge is 0.481 e. The summed E-state index contributed by atoms with van der Waals surface area (Å²) in [6.07, 6.45) is 16.7. The molecule has 0 aliphatic rings. The van der Waals surface area contributed by atoms with Gasteiger partial charge in [-0.3, -0.25) is 38.4 Å². The molecule has 0 saturated heterocycles. The number of ether oxygens (including phenoxy) is 6. The molecule has 0 aliphatic carbocycles. The number of unbranched alkanes of at least 4 members (excludes halogenated alkanes) is 6. The van der Waals surface area contributed by atoms with Crippen molar-refractivity contribution in [3.63, 3.8) is 0 Å². The lowest BCUT2D eigenvalue weighted by Crippen LogP contribution is -2.10. The van der Waals surface area contributed by atoms with E-state index in [-0.39, 0.29) is 84.7 Å². The Hall–Kier alpha value is -10.2. The number of esters is 6. The second-order valence-electron chi connectivity index (χ2n) is 16.5. The van der Waals surface area contributed by atoms with Crippen LogP contribution in [0, 0.1) is 68.0 Å². The number of carboxylic acid groups (broad SMARTS) is 6. The Morgan fingerprint density at radius 3 is 0.731 bits per heavy atom. The van der Waals surface area contributed by atoms with E-state index < -0.39 is 47.8 Å². The molecule has 528 valence electrons. The van der Waals surface area contributed by atoms with Crippen LogP contribution in [-0.2, 0) is 86.0 Å². The fourth-order valence-electron chi connectivity index (χ4n) is 4.04. The fourth-order valence-corrected chi connectivity index (χ4v) is 4.04. The van der Waals surface area contributed by atoms with Crippen LogP contribution in [0.4, 0.5) is 0 Å². The normalized spacial score (nSPS) is 8.65. The predicted molar refractivity (Wildman–Crippen MR) is 338 cm³/mol. The van der Waals surface area contributed by atoms with Gasteiger partial charge in [0.2, 0.25) is 0 Å². The monoisotopic (exact) mass is 1330 g/mol. The first-order chi connectivity index (χ1) is 42.7. The van der Waals surface area contributed by atoms with Gasteiger partial charge < -0.3 is 59.1 Å². The van der Waals surface area contributed by atoms with Gasteiger partial charge in [0.15, 0.2) is 0 Å². The molecule has 0 aliphatic heterocycles. The van der Waals surface area contributed by atoms with E-state index in [9.17, 15) is 57.5 Å². The molecule has 0 fully saturated rings. The van der Waals surface area contributed by atoms with Crippen LogP contribution in [-0.4, -0.2) is 142 Å². The summed E-state index contributed by atoms with van der Waals surface area (Å²) >= 11 is 0. The van der Waals surface area contributed by atoms with E-state index in [0.29, 0.717) is 116 Å². The number of nitrogens with zero attached hydrogens (tertiary/aromatic N) is 6. The van der Waals surface area contributed by atoms with Crippen LogP contribution in [0.3, 0.4) is 0 Å². The number of hydrogen-bond acceptors (Lipinski definition) is 24. The van der Waals surface area contributed by atoms with Crippen LogP contribution in [0.2, 0.25) is 0 Å². The Bertz CT molecular complexity index is 2160. The number of aliphatic carboxylic acids is 6. The average Bonchev–Trinajstić information content (AvgIpc) is 3.62. The van der Waals surface area contributed by atoms with Crippen LogP contribution < -0.4 is 0 Å². The van der Waals surface area contributed by atoms with Crippen molar-refractivity contribution in [3.05, 3.63) is 36.5 Å². The molecule has 0 amide bonds. The third-order valence-corrected chi connectivity index (χ3v) is 8.03. The van der Waals surface area contributed by atoms with Gasteiger partial charge in [0.25, 0.3) is 0 Å². The Morgan fingerprint density at radius 2 is 0.527 bits per heavy atom. The van der Waals surface area contributed by atoms with Gasteiger partial charge in [-0.1, -0.05) is 63.8 Å². The van der Waals surface area contributed by atoms with Crippen LogP contribution >= 0.6 is 0 Å². The highest BCUT2D eigenvalue weighted by Gasteiger charge is 2.09. The molecule has 0 atom stereocenters. The highest BCUT2D eigenvalue weighted by atomic mass is 16.6. The molecular weight excluding hydrogens is 1220 g/mol. The molecule has 0 bridgehead atoms. The lowest BCUT2D eigenvalue weighted by molar-refractivity contribution is -0.150. The number of rotatable bonds is 36. The molecule has 0 saturated carbocycles. The van der Waals surface area contributed by atoms with Crippen molar-refractivity contribution >= 4 is 71.6 Å². The Kier molecular flexibility index (Phi) is 117. The number of nitriles is 6. The second-order valence-corrected chi connectivity index (χ2v) is 16.5. The van der Waals surface area contributed by atoms with Crippen LogP contribution in [0.1, 0.15) is 218 Å². The van der Waals surface area contributed by atoms with E-state index in [4.69, 9.17) is 90.6 Å². The van der Waals surface area contributed by atoms with E-state index in [0.717, 1.165) is 75.7 Å². The molecule has 0 radical (unpaired) electrons. The Morgan fingerprint density at radius 1 is 0.301 bits per heavy atom. The summed E-state index contributed by atoms with van der Waals surface area (Å²) in [4.78, 5) is 124. The molecule has 0 heterocycles. The highest BCUT2D eigenvalue weighted by molar-refractivity contribution is 5.91. The topological polar surface area (TPSA) is 524 Å². The minimum absolute atomic E-state index is 0. The first-order valence-electron chi connectivity index (χ1n) is 28.3. The van der Waals surface area contributed by atoms with E-state index in [1.54, 1.807) is 12.1 Å². The molecule has 0 aromatic carbocycles. The zero-order chi connectivity index (χ0) is 70.9. The third-order valence-electron chi connectivity index (χ3n) is 8.03. The number of hydrogen-bond donors (Lipinski definition) is 6. The molecule has 6 N–H and O–H groups in total. The first kappa shape index (κ1) is 111. The summed E-state index contributed by atoms with van der Waals surface area (Å²) in [6.45, 7) is 14.1. The van der Waals surface area contributed by atoms with Crippen molar-refractivity contribution in [3.8, 4) is 36.4 Å². The quantitative estimate of drug-likeness (QED) is 0.0112. The molecule has 0 spiro atoms. The van der Waals surface area contributed by atoms with Crippen molar-refractivity contribution in [2.75, 3.05) is 39.6 Å². The van der Waals surface area contributed by atoms with Crippen LogP contribution in [0.15, 0.2) is 36.5 Å². The first-order valence-corrected chi connectivity index (χ1v) is 28.3. The molecule has 93 heavy (non-hydrogen) atoms. The maximum atomic E-state index is 11.1. The van der Waals surface area contributed by atoms with Crippen molar-refractivity contribution in [2.45, 2.75) is 218 Å². The molecule has 0 rings (SSSR count). The molecule has 30 heteroatoms. The van der Waals surface area contributed by atoms with Crippen molar-refractivity contribution in [1.82, 2.24) is 0 Å². The summed E-state index contributed by atoms with van der Waals surface area (Å²) < 4.78 is 28.8.